The number of nitrogens with zero attached hydrogens (tertiary/aromatic N) is 1. The predicted octanol–water partition coefficient (Wildman–Crippen LogP) is 3.16. The van der Waals surface area contributed by atoms with Gasteiger partial charge in [-0.1, -0.05) is 36.4 Å². The molecule has 6 nitrogen and oxygen atoms in total. The van der Waals surface area contributed by atoms with Crippen LogP contribution in [0.5, 0.6) is 0 Å². The fourth-order valence-electron chi connectivity index (χ4n) is 3.28. The fourth-order valence-corrected chi connectivity index (χ4v) is 4.06. The molecule has 1 aliphatic carbocycles. The summed E-state index contributed by atoms with van der Waals surface area (Å²) in [5, 5.41) is 3.23. The summed E-state index contributed by atoms with van der Waals surface area (Å²) in [6, 6.07) is 13.6. The molecule has 3 rings (SSSR count). The highest BCUT2D eigenvalue weighted by atomic mass is 127. The van der Waals surface area contributed by atoms with Crippen molar-refractivity contribution >= 4 is 45.6 Å². The van der Waals surface area contributed by atoms with E-state index in [4.69, 9.17) is 5.73 Å². The van der Waals surface area contributed by atoms with Crippen LogP contribution in [-0.4, -0.2) is 21.4 Å². The molecule has 0 spiro atoms. The molecule has 0 saturated carbocycles. The lowest BCUT2D eigenvalue weighted by molar-refractivity contribution is 0.587. The fraction of sp³-hybridized carbons (Fsp3) is 0.350. The number of sulfonamides is 1. The molecule has 2 aromatic carbocycles. The lowest BCUT2D eigenvalue weighted by Crippen LogP contribution is -2.24. The maximum atomic E-state index is 11.6. The lowest BCUT2D eigenvalue weighted by Gasteiger charge is -2.19. The minimum atomic E-state index is -3.26. The van der Waals surface area contributed by atoms with Crippen LogP contribution in [0, 0.1) is 0 Å². The summed E-state index contributed by atoms with van der Waals surface area (Å²) in [6.45, 7) is 0.437. The topological polar surface area (TPSA) is 96.6 Å². The molecule has 0 aromatic heterocycles. The molecule has 0 radical (unpaired) electrons. The number of aryl methyl sites for hydroxylation is 1. The first kappa shape index (κ1) is 22.6. The monoisotopic (exact) mass is 514 g/mol. The summed E-state index contributed by atoms with van der Waals surface area (Å²) in [7, 11) is -1.85. The number of guanidine groups is 1. The zero-order valence-corrected chi connectivity index (χ0v) is 19.1. The van der Waals surface area contributed by atoms with Gasteiger partial charge in [0.05, 0.1) is 12.3 Å². The van der Waals surface area contributed by atoms with Crippen LogP contribution in [0.4, 0.5) is 5.69 Å². The van der Waals surface area contributed by atoms with E-state index in [0.717, 1.165) is 29.7 Å². The van der Waals surface area contributed by atoms with E-state index in [-0.39, 0.29) is 29.7 Å². The number of anilines is 1. The largest absolute Gasteiger partial charge is 0.370 e. The summed E-state index contributed by atoms with van der Waals surface area (Å²) in [4.78, 5) is 4.41. The van der Waals surface area contributed by atoms with Gasteiger partial charge in [0.2, 0.25) is 10.0 Å². The maximum absolute atomic E-state index is 11.6. The van der Waals surface area contributed by atoms with Gasteiger partial charge in [-0.15, -0.1) is 24.0 Å². The number of benzene rings is 2. The van der Waals surface area contributed by atoms with Gasteiger partial charge in [0.25, 0.3) is 0 Å². The number of hydrogen-bond donors (Lipinski definition) is 3. The van der Waals surface area contributed by atoms with Crippen LogP contribution in [0.25, 0.3) is 0 Å². The van der Waals surface area contributed by atoms with Gasteiger partial charge < -0.3 is 11.1 Å². The average Bonchev–Trinajstić information content (AvgIpc) is 2.67. The van der Waals surface area contributed by atoms with E-state index >= 15 is 0 Å². The van der Waals surface area contributed by atoms with Gasteiger partial charge in [-0.3, -0.25) is 0 Å². The highest BCUT2D eigenvalue weighted by Crippen LogP contribution is 2.27. The van der Waals surface area contributed by atoms with Gasteiger partial charge in [0.15, 0.2) is 5.96 Å². The molecule has 28 heavy (non-hydrogen) atoms. The molecule has 0 saturated heterocycles. The first-order valence-corrected chi connectivity index (χ1v) is 10.8. The Bertz CT molecular complexity index is 928. The smallest absolute Gasteiger partial charge is 0.215 e. The van der Waals surface area contributed by atoms with Crippen molar-refractivity contribution in [1.82, 2.24) is 4.72 Å². The lowest BCUT2D eigenvalue weighted by atomic mass is 9.90. The molecule has 2 aromatic rings. The van der Waals surface area contributed by atoms with Crippen LogP contribution in [0.3, 0.4) is 0 Å². The molecule has 0 heterocycles. The highest BCUT2D eigenvalue weighted by molar-refractivity contribution is 14.0. The van der Waals surface area contributed by atoms with E-state index in [1.54, 1.807) is 12.1 Å². The van der Waals surface area contributed by atoms with Crippen molar-refractivity contribution < 1.29 is 8.42 Å². The number of rotatable bonds is 6. The Labute approximate surface area is 184 Å². The highest BCUT2D eigenvalue weighted by Gasteiger charge is 2.13. The standard InChI is InChI=1S/C20H26N4O2S.HI/c1-22-27(25,26)14-16-11-9-15(10-12-16)13-23-20(21)24-19-8-4-6-17-5-2-3-7-18(17)19;/h4,6,8-12,22H,2-3,5,7,13-14H2,1H3,(H3,21,23,24);1H. The molecule has 0 amide bonds. The summed E-state index contributed by atoms with van der Waals surface area (Å²) in [6.07, 6.45) is 4.64. The molecule has 0 unspecified atom stereocenters. The predicted molar refractivity (Wildman–Crippen MR) is 126 cm³/mol. The van der Waals surface area contributed by atoms with Gasteiger partial charge in [0, 0.05) is 5.69 Å². The number of halogens is 1. The van der Waals surface area contributed by atoms with Gasteiger partial charge in [-0.05, 0) is 61.1 Å². The Morgan fingerprint density at radius 2 is 1.75 bits per heavy atom. The van der Waals surface area contributed by atoms with Crippen LogP contribution in [0.15, 0.2) is 47.5 Å². The number of nitrogens with one attached hydrogen (secondary N) is 2. The van der Waals surface area contributed by atoms with Gasteiger partial charge >= 0.3 is 0 Å². The van der Waals surface area contributed by atoms with E-state index in [9.17, 15) is 8.42 Å². The quantitative estimate of drug-likeness (QED) is 0.314. The van der Waals surface area contributed by atoms with E-state index in [1.165, 1.54) is 31.0 Å². The second-order valence-electron chi connectivity index (χ2n) is 6.76. The van der Waals surface area contributed by atoms with E-state index < -0.39 is 10.0 Å². The molecule has 0 bridgehead atoms. The maximum Gasteiger partial charge on any atom is 0.215 e. The van der Waals surface area contributed by atoms with Crippen LogP contribution in [0.1, 0.15) is 35.1 Å². The van der Waals surface area contributed by atoms with Crippen molar-refractivity contribution in [2.45, 2.75) is 38.0 Å². The first-order chi connectivity index (χ1) is 13.0. The Kier molecular flexibility index (Phi) is 8.26. The summed E-state index contributed by atoms with van der Waals surface area (Å²) < 4.78 is 25.5. The SMILES string of the molecule is CNS(=O)(=O)Cc1ccc(CN=C(N)Nc2cccc3c2CCCC3)cc1.I. The summed E-state index contributed by atoms with van der Waals surface area (Å²) >= 11 is 0. The Morgan fingerprint density at radius 1 is 1.07 bits per heavy atom. The molecule has 152 valence electrons. The second kappa shape index (κ2) is 10.2. The van der Waals surface area contributed by atoms with Gasteiger partial charge in [-0.2, -0.15) is 0 Å². The first-order valence-electron chi connectivity index (χ1n) is 9.13. The number of hydrogen-bond acceptors (Lipinski definition) is 3. The average molecular weight is 514 g/mol. The molecule has 8 heteroatoms. The molecule has 1 aliphatic rings. The zero-order valence-electron chi connectivity index (χ0n) is 15.9. The Morgan fingerprint density at radius 3 is 2.46 bits per heavy atom. The molecule has 0 atom stereocenters. The zero-order chi connectivity index (χ0) is 19.3. The molecule has 4 N–H and O–H groups in total. The van der Waals surface area contributed by atoms with E-state index in [1.807, 2.05) is 18.2 Å². The molecular formula is C20H27IN4O2S. The second-order valence-corrected chi connectivity index (χ2v) is 8.68. The molecule has 0 fully saturated rings. The van der Waals surface area contributed by atoms with Crippen LogP contribution in [-0.2, 0) is 35.2 Å². The Hall–Kier alpha value is -1.65. The van der Waals surface area contributed by atoms with Crippen LogP contribution >= 0.6 is 24.0 Å². The minimum absolute atomic E-state index is 0. The van der Waals surface area contributed by atoms with Crippen molar-refractivity contribution in [2.24, 2.45) is 10.7 Å². The number of fused-ring (bicyclic) bond motifs is 1. The third-order valence-corrected chi connectivity index (χ3v) is 6.12. The van der Waals surface area contributed by atoms with Crippen molar-refractivity contribution in [1.29, 1.82) is 0 Å². The van der Waals surface area contributed by atoms with Crippen molar-refractivity contribution in [3.63, 3.8) is 0 Å². The number of nitrogens with two attached hydrogens (primary N) is 1. The third kappa shape index (κ3) is 6.18. The molecular weight excluding hydrogens is 487 g/mol. The summed E-state index contributed by atoms with van der Waals surface area (Å²) in [5.41, 5.74) is 11.6. The third-order valence-electron chi connectivity index (χ3n) is 4.78. The van der Waals surface area contributed by atoms with Crippen LogP contribution < -0.4 is 15.8 Å². The summed E-state index contributed by atoms with van der Waals surface area (Å²) in [5.74, 6) is 0.353. The van der Waals surface area contributed by atoms with E-state index in [2.05, 4.69) is 27.2 Å². The van der Waals surface area contributed by atoms with Gasteiger partial charge in [0.1, 0.15) is 0 Å². The van der Waals surface area contributed by atoms with Crippen molar-refractivity contribution in [3.8, 4) is 0 Å². The minimum Gasteiger partial charge on any atom is -0.370 e. The van der Waals surface area contributed by atoms with Crippen LogP contribution in [0.2, 0.25) is 0 Å². The normalized spacial score (nSPS) is 14.1. The van der Waals surface area contributed by atoms with Crippen molar-refractivity contribution in [2.75, 3.05) is 12.4 Å². The van der Waals surface area contributed by atoms with E-state index in [0.29, 0.717) is 12.5 Å². The van der Waals surface area contributed by atoms with Crippen molar-refractivity contribution in [3.05, 3.63) is 64.7 Å². The molecule has 0 aliphatic heterocycles. The van der Waals surface area contributed by atoms with Gasteiger partial charge in [-0.25, -0.2) is 18.1 Å². The Balaban J connectivity index is 0.00000280. The number of aliphatic imine (C=N–C) groups is 1.